The van der Waals surface area contributed by atoms with Crippen molar-refractivity contribution in [3.63, 3.8) is 0 Å². The van der Waals surface area contributed by atoms with E-state index in [9.17, 15) is 14.4 Å². The maximum Gasteiger partial charge on any atom is 0.332 e. The zero-order chi connectivity index (χ0) is 19.7. The normalized spacial score (nSPS) is 11.3. The molecule has 8 heteroatoms. The van der Waals surface area contributed by atoms with Crippen LogP contribution in [0.4, 0.5) is 5.69 Å². The Balaban J connectivity index is 1.74. The largest absolute Gasteiger partial charge is 0.332 e. The lowest BCUT2D eigenvalue weighted by Gasteiger charge is -2.09. The molecule has 3 aromatic rings. The maximum absolute atomic E-state index is 12.4. The minimum Gasteiger partial charge on any atom is -0.326 e. The summed E-state index contributed by atoms with van der Waals surface area (Å²) in [5.41, 5.74) is 1.72. The summed E-state index contributed by atoms with van der Waals surface area (Å²) < 4.78 is 3.97. The molecule has 3 rings (SSSR count). The lowest BCUT2D eigenvalue weighted by atomic mass is 10.0. The van der Waals surface area contributed by atoms with Gasteiger partial charge in [0.1, 0.15) is 0 Å². The minimum absolute atomic E-state index is 0.157. The average molecular weight is 369 g/mol. The molecular weight excluding hydrogens is 346 g/mol. The Bertz CT molecular complexity index is 1100. The summed E-state index contributed by atoms with van der Waals surface area (Å²) in [7, 11) is 2.99. The van der Waals surface area contributed by atoms with Gasteiger partial charge in [-0.25, -0.2) is 9.78 Å². The van der Waals surface area contributed by atoms with Gasteiger partial charge in [-0.15, -0.1) is 0 Å². The van der Waals surface area contributed by atoms with E-state index >= 15 is 0 Å². The monoisotopic (exact) mass is 369 g/mol. The number of carbonyl (C=O) groups is 1. The van der Waals surface area contributed by atoms with E-state index in [2.05, 4.69) is 24.1 Å². The summed E-state index contributed by atoms with van der Waals surface area (Å²) in [6.45, 7) is 4.52. The molecule has 0 saturated carbocycles. The van der Waals surface area contributed by atoms with Crippen LogP contribution in [0.2, 0.25) is 0 Å². The molecule has 2 aromatic heterocycles. The molecule has 8 nitrogen and oxygen atoms in total. The standard InChI is InChI=1S/C19H23N5O3/c1-12(2)13-5-7-14(8-6-13)21-15(25)9-10-24-11-20-17-16(24)18(26)23(4)19(27)22(17)3/h5-8,11-12H,9-10H2,1-4H3,(H,21,25). The molecule has 0 atom stereocenters. The van der Waals surface area contributed by atoms with E-state index < -0.39 is 11.2 Å². The third kappa shape index (κ3) is 3.55. The summed E-state index contributed by atoms with van der Waals surface area (Å²) in [6, 6.07) is 7.75. The number of hydrogen-bond donors (Lipinski definition) is 1. The Kier molecular flexibility index (Phi) is 4.98. The second-order valence-corrected chi connectivity index (χ2v) is 6.89. The number of carbonyl (C=O) groups excluding carboxylic acids is 1. The fourth-order valence-electron chi connectivity index (χ4n) is 2.96. The predicted octanol–water partition coefficient (Wildman–Crippen LogP) is 1.59. The van der Waals surface area contributed by atoms with Gasteiger partial charge in [-0.05, 0) is 23.6 Å². The van der Waals surface area contributed by atoms with Crippen molar-refractivity contribution in [3.05, 3.63) is 57.0 Å². The van der Waals surface area contributed by atoms with Gasteiger partial charge in [-0.2, -0.15) is 0 Å². The molecule has 0 bridgehead atoms. The van der Waals surface area contributed by atoms with Crippen LogP contribution in [0.25, 0.3) is 11.2 Å². The Labute approximate surface area is 156 Å². The number of rotatable bonds is 5. The Morgan fingerprint density at radius 3 is 2.41 bits per heavy atom. The Hall–Kier alpha value is -3.16. The van der Waals surface area contributed by atoms with Gasteiger partial charge in [-0.3, -0.25) is 18.7 Å². The Morgan fingerprint density at radius 1 is 1.11 bits per heavy atom. The first-order valence-corrected chi connectivity index (χ1v) is 8.80. The number of nitrogens with one attached hydrogen (secondary N) is 1. The highest BCUT2D eigenvalue weighted by Gasteiger charge is 2.15. The van der Waals surface area contributed by atoms with Crippen molar-refractivity contribution in [1.82, 2.24) is 18.7 Å². The smallest absolute Gasteiger partial charge is 0.326 e. The van der Waals surface area contributed by atoms with Gasteiger partial charge in [0.05, 0.1) is 6.33 Å². The SMILES string of the molecule is CC(C)c1ccc(NC(=O)CCn2cnc3c2c(=O)n(C)c(=O)n3C)cc1. The van der Waals surface area contributed by atoms with Crippen LogP contribution < -0.4 is 16.6 Å². The molecule has 27 heavy (non-hydrogen) atoms. The van der Waals surface area contributed by atoms with Crippen molar-refractivity contribution in [2.24, 2.45) is 14.1 Å². The third-order valence-electron chi connectivity index (χ3n) is 4.66. The van der Waals surface area contributed by atoms with Crippen LogP contribution in [0, 0.1) is 0 Å². The van der Waals surface area contributed by atoms with Crippen molar-refractivity contribution in [3.8, 4) is 0 Å². The molecule has 1 N–H and O–H groups in total. The van der Waals surface area contributed by atoms with E-state index in [1.165, 1.54) is 23.5 Å². The summed E-state index contributed by atoms with van der Waals surface area (Å²) >= 11 is 0. The number of amides is 1. The minimum atomic E-state index is -0.430. The molecule has 0 aliphatic carbocycles. The summed E-state index contributed by atoms with van der Waals surface area (Å²) in [4.78, 5) is 40.8. The van der Waals surface area contributed by atoms with Crippen molar-refractivity contribution in [2.45, 2.75) is 32.7 Å². The number of aromatic nitrogens is 4. The highest BCUT2D eigenvalue weighted by atomic mass is 16.2. The predicted molar refractivity (Wildman–Crippen MR) is 104 cm³/mol. The maximum atomic E-state index is 12.4. The van der Waals surface area contributed by atoms with Gasteiger partial charge in [0, 0.05) is 32.7 Å². The first-order chi connectivity index (χ1) is 12.8. The molecule has 0 aliphatic heterocycles. The molecule has 0 spiro atoms. The molecule has 0 saturated heterocycles. The van der Waals surface area contributed by atoms with Crippen LogP contribution in [0.3, 0.4) is 0 Å². The van der Waals surface area contributed by atoms with Crippen LogP contribution in [0.1, 0.15) is 31.7 Å². The van der Waals surface area contributed by atoms with Gasteiger partial charge in [-0.1, -0.05) is 26.0 Å². The van der Waals surface area contributed by atoms with Gasteiger partial charge in [0.25, 0.3) is 5.56 Å². The van der Waals surface area contributed by atoms with Crippen LogP contribution in [0.5, 0.6) is 0 Å². The number of imidazole rings is 1. The average Bonchev–Trinajstić information content (AvgIpc) is 3.07. The topological polar surface area (TPSA) is 90.9 Å². The van der Waals surface area contributed by atoms with E-state index in [1.54, 1.807) is 11.6 Å². The van der Waals surface area contributed by atoms with Crippen LogP contribution in [0.15, 0.2) is 40.2 Å². The quantitative estimate of drug-likeness (QED) is 0.739. The zero-order valence-electron chi connectivity index (χ0n) is 15.9. The molecule has 1 aromatic carbocycles. The van der Waals surface area contributed by atoms with E-state index in [4.69, 9.17) is 0 Å². The molecule has 0 aliphatic rings. The lowest BCUT2D eigenvalue weighted by molar-refractivity contribution is -0.116. The second kappa shape index (κ2) is 7.22. The molecule has 1 amide bonds. The molecule has 0 fully saturated rings. The fourth-order valence-corrected chi connectivity index (χ4v) is 2.96. The van der Waals surface area contributed by atoms with Crippen molar-refractivity contribution < 1.29 is 4.79 Å². The van der Waals surface area contributed by atoms with Crippen LogP contribution in [-0.2, 0) is 25.4 Å². The fraction of sp³-hybridized carbons (Fsp3) is 0.368. The van der Waals surface area contributed by atoms with Crippen molar-refractivity contribution in [1.29, 1.82) is 0 Å². The van der Waals surface area contributed by atoms with Gasteiger partial charge in [0.2, 0.25) is 5.91 Å². The van der Waals surface area contributed by atoms with Gasteiger partial charge < -0.3 is 9.88 Å². The van der Waals surface area contributed by atoms with Crippen LogP contribution in [-0.4, -0.2) is 24.6 Å². The van der Waals surface area contributed by atoms with Crippen molar-refractivity contribution in [2.75, 3.05) is 5.32 Å². The summed E-state index contributed by atoms with van der Waals surface area (Å²) in [5, 5.41) is 2.85. The molecule has 142 valence electrons. The molecule has 0 radical (unpaired) electrons. The number of anilines is 1. The van der Waals surface area contributed by atoms with E-state index in [1.807, 2.05) is 24.3 Å². The van der Waals surface area contributed by atoms with E-state index in [0.717, 1.165) is 10.3 Å². The highest BCUT2D eigenvalue weighted by molar-refractivity contribution is 5.90. The summed E-state index contributed by atoms with van der Waals surface area (Å²) in [5.74, 6) is 0.277. The number of fused-ring (bicyclic) bond motifs is 1. The highest BCUT2D eigenvalue weighted by Crippen LogP contribution is 2.17. The number of benzene rings is 1. The molecular formula is C19H23N5O3. The summed E-state index contributed by atoms with van der Waals surface area (Å²) in [6.07, 6.45) is 1.67. The zero-order valence-corrected chi connectivity index (χ0v) is 15.9. The van der Waals surface area contributed by atoms with E-state index in [0.29, 0.717) is 23.6 Å². The first kappa shape index (κ1) is 18.6. The third-order valence-corrected chi connectivity index (χ3v) is 4.66. The van der Waals surface area contributed by atoms with Gasteiger partial charge >= 0.3 is 5.69 Å². The van der Waals surface area contributed by atoms with Crippen LogP contribution >= 0.6 is 0 Å². The van der Waals surface area contributed by atoms with Gasteiger partial charge in [0.15, 0.2) is 11.2 Å². The Morgan fingerprint density at radius 2 is 1.78 bits per heavy atom. The number of hydrogen-bond acceptors (Lipinski definition) is 4. The second-order valence-electron chi connectivity index (χ2n) is 6.89. The number of nitrogens with zero attached hydrogens (tertiary/aromatic N) is 4. The number of aryl methyl sites for hydroxylation is 2. The molecule has 2 heterocycles. The molecule has 0 unspecified atom stereocenters. The van der Waals surface area contributed by atoms with Crippen molar-refractivity contribution >= 4 is 22.8 Å². The van der Waals surface area contributed by atoms with E-state index in [-0.39, 0.29) is 12.3 Å². The first-order valence-electron chi connectivity index (χ1n) is 8.80. The lowest BCUT2D eigenvalue weighted by Crippen LogP contribution is -2.37.